The van der Waals surface area contributed by atoms with Crippen LogP contribution in [0.5, 0.6) is 0 Å². The SMILES string of the molecule is CN(C)C1CCCCN(C(=O)CCC(=O)Nc2cccc(F)c2)C1. The molecular formula is C18H26FN3O2. The third kappa shape index (κ3) is 5.60. The van der Waals surface area contributed by atoms with Gasteiger partial charge in [0.1, 0.15) is 5.82 Å². The molecule has 0 spiro atoms. The van der Waals surface area contributed by atoms with Gasteiger partial charge in [-0.15, -0.1) is 0 Å². The molecule has 24 heavy (non-hydrogen) atoms. The van der Waals surface area contributed by atoms with Crippen molar-refractivity contribution in [3.63, 3.8) is 0 Å². The van der Waals surface area contributed by atoms with E-state index in [1.165, 1.54) is 18.2 Å². The summed E-state index contributed by atoms with van der Waals surface area (Å²) < 4.78 is 13.1. The summed E-state index contributed by atoms with van der Waals surface area (Å²) in [4.78, 5) is 28.4. The van der Waals surface area contributed by atoms with Gasteiger partial charge in [-0.25, -0.2) is 4.39 Å². The van der Waals surface area contributed by atoms with Gasteiger partial charge < -0.3 is 15.1 Å². The van der Waals surface area contributed by atoms with E-state index < -0.39 is 5.82 Å². The lowest BCUT2D eigenvalue weighted by atomic mass is 10.1. The van der Waals surface area contributed by atoms with Crippen molar-refractivity contribution < 1.29 is 14.0 Å². The van der Waals surface area contributed by atoms with Crippen LogP contribution in [0.15, 0.2) is 24.3 Å². The lowest BCUT2D eigenvalue weighted by Crippen LogP contribution is -2.42. The second-order valence-corrected chi connectivity index (χ2v) is 6.51. The van der Waals surface area contributed by atoms with Crippen molar-refractivity contribution in [3.8, 4) is 0 Å². The zero-order valence-electron chi connectivity index (χ0n) is 14.4. The lowest BCUT2D eigenvalue weighted by molar-refractivity contribution is -0.133. The highest BCUT2D eigenvalue weighted by Gasteiger charge is 2.23. The number of hydrogen-bond acceptors (Lipinski definition) is 3. The van der Waals surface area contributed by atoms with Gasteiger partial charge in [0, 0.05) is 37.7 Å². The zero-order valence-corrected chi connectivity index (χ0v) is 14.4. The summed E-state index contributed by atoms with van der Waals surface area (Å²) in [6.45, 7) is 1.48. The minimum atomic E-state index is -0.400. The van der Waals surface area contributed by atoms with Gasteiger partial charge in [0.2, 0.25) is 11.8 Å². The Labute approximate surface area is 142 Å². The van der Waals surface area contributed by atoms with Crippen LogP contribution in [0.3, 0.4) is 0 Å². The Morgan fingerprint density at radius 3 is 2.79 bits per heavy atom. The summed E-state index contributed by atoms with van der Waals surface area (Å²) in [5.41, 5.74) is 0.412. The number of nitrogens with zero attached hydrogens (tertiary/aromatic N) is 2. The summed E-state index contributed by atoms with van der Waals surface area (Å²) in [5, 5.41) is 2.62. The monoisotopic (exact) mass is 335 g/mol. The van der Waals surface area contributed by atoms with E-state index in [4.69, 9.17) is 0 Å². The van der Waals surface area contributed by atoms with Crippen LogP contribution >= 0.6 is 0 Å². The maximum atomic E-state index is 13.1. The number of rotatable bonds is 5. The van der Waals surface area contributed by atoms with Crippen molar-refractivity contribution in [2.75, 3.05) is 32.5 Å². The molecule has 1 aliphatic heterocycles. The van der Waals surface area contributed by atoms with Gasteiger partial charge in [0.25, 0.3) is 0 Å². The molecule has 0 saturated carbocycles. The first-order valence-corrected chi connectivity index (χ1v) is 8.45. The van der Waals surface area contributed by atoms with Crippen LogP contribution in [-0.2, 0) is 9.59 Å². The van der Waals surface area contributed by atoms with Crippen LogP contribution in [-0.4, -0.2) is 54.8 Å². The molecule has 5 nitrogen and oxygen atoms in total. The molecule has 1 unspecified atom stereocenters. The molecule has 1 atom stereocenters. The number of anilines is 1. The predicted octanol–water partition coefficient (Wildman–Crippen LogP) is 2.49. The van der Waals surface area contributed by atoms with Crippen molar-refractivity contribution in [2.45, 2.75) is 38.1 Å². The quantitative estimate of drug-likeness (QED) is 0.899. The number of carbonyl (C=O) groups excluding carboxylic acids is 2. The van der Waals surface area contributed by atoms with E-state index >= 15 is 0 Å². The molecule has 0 aromatic heterocycles. The van der Waals surface area contributed by atoms with Gasteiger partial charge in [-0.1, -0.05) is 12.5 Å². The van der Waals surface area contributed by atoms with Crippen LogP contribution < -0.4 is 5.32 Å². The summed E-state index contributed by atoms with van der Waals surface area (Å²) in [7, 11) is 4.07. The lowest BCUT2D eigenvalue weighted by Gasteiger charge is -2.28. The third-order valence-corrected chi connectivity index (χ3v) is 4.40. The summed E-state index contributed by atoms with van der Waals surface area (Å²) in [6, 6.07) is 6.11. The van der Waals surface area contributed by atoms with E-state index in [-0.39, 0.29) is 24.7 Å². The van der Waals surface area contributed by atoms with Gasteiger partial charge in [0.05, 0.1) is 0 Å². The van der Waals surface area contributed by atoms with Gasteiger partial charge in [0.15, 0.2) is 0 Å². The molecule has 1 N–H and O–H groups in total. The maximum Gasteiger partial charge on any atom is 0.224 e. The molecule has 1 aromatic rings. The standard InChI is InChI=1S/C18H26FN3O2/c1-21(2)16-8-3-4-11-22(13-16)18(24)10-9-17(23)20-15-7-5-6-14(19)12-15/h5-7,12,16H,3-4,8-11,13H2,1-2H3,(H,20,23). The first kappa shape index (κ1) is 18.4. The van der Waals surface area contributed by atoms with Crippen LogP contribution in [0.4, 0.5) is 10.1 Å². The van der Waals surface area contributed by atoms with Crippen LogP contribution in [0, 0.1) is 5.82 Å². The fourth-order valence-electron chi connectivity index (χ4n) is 2.94. The van der Waals surface area contributed by atoms with Gasteiger partial charge >= 0.3 is 0 Å². The van der Waals surface area contributed by atoms with E-state index in [1.54, 1.807) is 6.07 Å². The number of amides is 2. The van der Waals surface area contributed by atoms with Gasteiger partial charge in [-0.3, -0.25) is 9.59 Å². The summed E-state index contributed by atoms with van der Waals surface area (Å²) >= 11 is 0. The van der Waals surface area contributed by atoms with Crippen molar-refractivity contribution >= 4 is 17.5 Å². The fourth-order valence-corrected chi connectivity index (χ4v) is 2.94. The third-order valence-electron chi connectivity index (χ3n) is 4.40. The fraction of sp³-hybridized carbons (Fsp3) is 0.556. The Bertz CT molecular complexity index is 577. The summed E-state index contributed by atoms with van der Waals surface area (Å²) in [5.74, 6) is -0.658. The minimum absolute atomic E-state index is 0.0122. The molecule has 0 aliphatic carbocycles. The highest BCUT2D eigenvalue weighted by molar-refractivity contribution is 5.93. The van der Waals surface area contributed by atoms with E-state index in [1.807, 2.05) is 19.0 Å². The molecule has 1 fully saturated rings. The molecule has 1 aromatic carbocycles. The molecular weight excluding hydrogens is 309 g/mol. The molecule has 2 rings (SSSR count). The molecule has 1 heterocycles. The van der Waals surface area contributed by atoms with Crippen molar-refractivity contribution in [1.82, 2.24) is 9.80 Å². The topological polar surface area (TPSA) is 52.7 Å². The normalized spacial score (nSPS) is 18.3. The molecule has 6 heteroatoms. The van der Waals surface area contributed by atoms with Crippen LogP contribution in [0.1, 0.15) is 32.1 Å². The Balaban J connectivity index is 1.82. The van der Waals surface area contributed by atoms with E-state index in [0.29, 0.717) is 11.7 Å². The first-order chi connectivity index (χ1) is 11.5. The minimum Gasteiger partial charge on any atom is -0.341 e. The number of nitrogens with one attached hydrogen (secondary N) is 1. The molecule has 2 amide bonds. The number of carbonyl (C=O) groups is 2. The van der Waals surface area contributed by atoms with Gasteiger partial charge in [-0.2, -0.15) is 0 Å². The second-order valence-electron chi connectivity index (χ2n) is 6.51. The van der Waals surface area contributed by atoms with Crippen molar-refractivity contribution in [3.05, 3.63) is 30.1 Å². The largest absolute Gasteiger partial charge is 0.341 e. The Morgan fingerprint density at radius 2 is 2.08 bits per heavy atom. The molecule has 1 aliphatic rings. The van der Waals surface area contributed by atoms with Crippen molar-refractivity contribution in [2.24, 2.45) is 0 Å². The van der Waals surface area contributed by atoms with E-state index in [9.17, 15) is 14.0 Å². The van der Waals surface area contributed by atoms with E-state index in [2.05, 4.69) is 10.2 Å². The average molecular weight is 335 g/mol. The molecule has 0 bridgehead atoms. The predicted molar refractivity (Wildman–Crippen MR) is 92.2 cm³/mol. The number of likely N-dealkylation sites (N-methyl/N-ethyl adjacent to an activating group) is 1. The smallest absolute Gasteiger partial charge is 0.224 e. The Morgan fingerprint density at radius 1 is 1.29 bits per heavy atom. The second kappa shape index (κ2) is 8.78. The number of hydrogen-bond donors (Lipinski definition) is 1. The van der Waals surface area contributed by atoms with E-state index in [0.717, 1.165) is 32.4 Å². The summed E-state index contributed by atoms with van der Waals surface area (Å²) in [6.07, 6.45) is 3.51. The highest BCUT2D eigenvalue weighted by Crippen LogP contribution is 2.16. The van der Waals surface area contributed by atoms with Crippen molar-refractivity contribution in [1.29, 1.82) is 0 Å². The Hall–Kier alpha value is -1.95. The number of benzene rings is 1. The van der Waals surface area contributed by atoms with Crippen LogP contribution in [0.25, 0.3) is 0 Å². The highest BCUT2D eigenvalue weighted by atomic mass is 19.1. The Kier molecular flexibility index (Phi) is 6.73. The molecule has 1 saturated heterocycles. The molecule has 132 valence electrons. The van der Waals surface area contributed by atoms with Gasteiger partial charge in [-0.05, 0) is 45.1 Å². The molecule has 0 radical (unpaired) electrons. The average Bonchev–Trinajstić information content (AvgIpc) is 2.79. The number of halogens is 1. The van der Waals surface area contributed by atoms with Crippen LogP contribution in [0.2, 0.25) is 0 Å². The first-order valence-electron chi connectivity index (χ1n) is 8.45. The maximum absolute atomic E-state index is 13.1. The zero-order chi connectivity index (χ0) is 17.5. The number of likely N-dealkylation sites (tertiary alicyclic amines) is 1.